The predicted molar refractivity (Wildman–Crippen MR) is 65.1 cm³/mol. The molecule has 1 aliphatic rings. The summed E-state index contributed by atoms with van der Waals surface area (Å²) in [7, 11) is 0. The molecule has 0 bridgehead atoms. The first-order valence-corrected chi connectivity index (χ1v) is 6.51. The molecule has 1 nitrogen and oxygen atoms in total. The fourth-order valence-electron chi connectivity index (χ4n) is 1.76. The molecule has 0 amide bonds. The summed E-state index contributed by atoms with van der Waals surface area (Å²) >= 11 is 2.00. The number of thioether (sulfide) groups is 1. The minimum absolute atomic E-state index is 0.120. The molecule has 0 spiro atoms. The fraction of sp³-hybridized carbons (Fsp3) is 0.500. The molecule has 1 heterocycles. The van der Waals surface area contributed by atoms with Gasteiger partial charge in [-0.1, -0.05) is 6.07 Å². The summed E-state index contributed by atoms with van der Waals surface area (Å²) in [5, 5.41) is 3.40. The molecule has 1 aromatic carbocycles. The summed E-state index contributed by atoms with van der Waals surface area (Å²) in [5.41, 5.74) is 1.62. The highest BCUT2D eigenvalue weighted by Crippen LogP contribution is 2.22. The van der Waals surface area contributed by atoms with Crippen LogP contribution in [0.15, 0.2) is 18.2 Å². The van der Waals surface area contributed by atoms with E-state index >= 15 is 0 Å². The quantitative estimate of drug-likeness (QED) is 0.827. The van der Waals surface area contributed by atoms with E-state index in [9.17, 15) is 4.39 Å². The van der Waals surface area contributed by atoms with Crippen LogP contribution in [-0.4, -0.2) is 17.5 Å². The maximum absolute atomic E-state index is 13.3. The number of anilines is 1. The van der Waals surface area contributed by atoms with Crippen molar-refractivity contribution >= 4 is 17.4 Å². The highest BCUT2D eigenvalue weighted by atomic mass is 32.2. The van der Waals surface area contributed by atoms with Crippen molar-refractivity contribution in [1.29, 1.82) is 0 Å². The maximum Gasteiger partial charge on any atom is 0.128 e. The van der Waals surface area contributed by atoms with Gasteiger partial charge in [0.25, 0.3) is 0 Å². The van der Waals surface area contributed by atoms with E-state index in [4.69, 9.17) is 0 Å². The maximum atomic E-state index is 13.3. The van der Waals surface area contributed by atoms with Gasteiger partial charge in [-0.05, 0) is 49.0 Å². The molecule has 0 aromatic heterocycles. The van der Waals surface area contributed by atoms with Gasteiger partial charge >= 0.3 is 0 Å². The van der Waals surface area contributed by atoms with Crippen LogP contribution in [0.4, 0.5) is 10.1 Å². The molecule has 0 saturated carbocycles. The molecule has 82 valence electrons. The molecule has 1 aliphatic heterocycles. The Hall–Kier alpha value is -0.700. The average molecular weight is 225 g/mol. The molecule has 0 atom stereocenters. The highest BCUT2D eigenvalue weighted by Gasteiger charge is 2.13. The smallest absolute Gasteiger partial charge is 0.128 e. The molecule has 1 N–H and O–H groups in total. The van der Waals surface area contributed by atoms with Crippen LogP contribution in [0.1, 0.15) is 18.4 Å². The normalized spacial score (nSPS) is 17.7. The third-order valence-electron chi connectivity index (χ3n) is 2.76. The first kappa shape index (κ1) is 10.8. The zero-order valence-corrected chi connectivity index (χ0v) is 9.74. The molecule has 0 radical (unpaired) electrons. The Kier molecular flexibility index (Phi) is 3.52. The molecule has 15 heavy (non-hydrogen) atoms. The molecule has 2 rings (SSSR count). The lowest BCUT2D eigenvalue weighted by Gasteiger charge is -2.23. The Balaban J connectivity index is 2.00. The fourth-order valence-corrected chi connectivity index (χ4v) is 2.87. The Morgan fingerprint density at radius 3 is 2.73 bits per heavy atom. The summed E-state index contributed by atoms with van der Waals surface area (Å²) in [5.74, 6) is 2.31. The molecule has 1 aromatic rings. The minimum atomic E-state index is -0.120. The van der Waals surface area contributed by atoms with Crippen molar-refractivity contribution in [3.63, 3.8) is 0 Å². The Morgan fingerprint density at radius 1 is 1.33 bits per heavy atom. The van der Waals surface area contributed by atoms with Gasteiger partial charge in [0.15, 0.2) is 0 Å². The van der Waals surface area contributed by atoms with Crippen LogP contribution in [-0.2, 0) is 0 Å². The van der Waals surface area contributed by atoms with E-state index in [2.05, 4.69) is 5.32 Å². The first-order chi connectivity index (χ1) is 7.25. The Labute approximate surface area is 94.5 Å². The molecule has 0 aliphatic carbocycles. The number of nitrogens with one attached hydrogen (secondary N) is 1. The second kappa shape index (κ2) is 4.88. The third-order valence-corrected chi connectivity index (χ3v) is 3.81. The van der Waals surface area contributed by atoms with Crippen LogP contribution in [0.3, 0.4) is 0 Å². The summed E-state index contributed by atoms with van der Waals surface area (Å²) in [6.45, 7) is 1.79. The van der Waals surface area contributed by atoms with Crippen molar-refractivity contribution in [3.05, 3.63) is 29.6 Å². The Morgan fingerprint density at radius 2 is 2.07 bits per heavy atom. The van der Waals surface area contributed by atoms with Crippen molar-refractivity contribution in [3.8, 4) is 0 Å². The lowest BCUT2D eigenvalue weighted by Crippen LogP contribution is -2.24. The highest BCUT2D eigenvalue weighted by molar-refractivity contribution is 7.99. The molecule has 3 heteroatoms. The first-order valence-electron chi connectivity index (χ1n) is 5.36. The van der Waals surface area contributed by atoms with E-state index in [1.807, 2.05) is 23.9 Å². The second-order valence-electron chi connectivity index (χ2n) is 3.99. The van der Waals surface area contributed by atoms with Gasteiger partial charge in [-0.15, -0.1) is 0 Å². The van der Waals surface area contributed by atoms with Gasteiger partial charge in [0, 0.05) is 11.7 Å². The SMILES string of the molecule is Cc1ccc(NC2CCSCC2)cc1F. The number of halogens is 1. The summed E-state index contributed by atoms with van der Waals surface area (Å²) in [6.07, 6.45) is 2.36. The number of aryl methyl sites for hydroxylation is 1. The van der Waals surface area contributed by atoms with Gasteiger partial charge < -0.3 is 5.32 Å². The monoisotopic (exact) mass is 225 g/mol. The molecular formula is C12H16FNS. The van der Waals surface area contributed by atoms with E-state index in [1.54, 1.807) is 13.0 Å². The standard InChI is InChI=1S/C12H16FNS/c1-9-2-3-11(8-12(9)13)14-10-4-6-15-7-5-10/h2-3,8,10,14H,4-7H2,1H3. The zero-order valence-electron chi connectivity index (χ0n) is 8.92. The van der Waals surface area contributed by atoms with Crippen LogP contribution in [0.25, 0.3) is 0 Å². The van der Waals surface area contributed by atoms with Crippen LogP contribution in [0.5, 0.6) is 0 Å². The molecule has 1 saturated heterocycles. The second-order valence-corrected chi connectivity index (χ2v) is 5.22. The van der Waals surface area contributed by atoms with Crippen molar-refractivity contribution in [1.82, 2.24) is 0 Å². The van der Waals surface area contributed by atoms with Crippen LogP contribution < -0.4 is 5.32 Å². The van der Waals surface area contributed by atoms with Crippen LogP contribution >= 0.6 is 11.8 Å². The summed E-state index contributed by atoms with van der Waals surface area (Å²) in [4.78, 5) is 0. The number of hydrogen-bond donors (Lipinski definition) is 1. The van der Waals surface area contributed by atoms with E-state index in [0.717, 1.165) is 5.69 Å². The van der Waals surface area contributed by atoms with E-state index in [0.29, 0.717) is 11.6 Å². The molecule has 1 fully saturated rings. The largest absolute Gasteiger partial charge is 0.382 e. The van der Waals surface area contributed by atoms with Gasteiger partial charge in [0.05, 0.1) is 0 Å². The van der Waals surface area contributed by atoms with Crippen LogP contribution in [0, 0.1) is 12.7 Å². The molecule has 0 unspecified atom stereocenters. The lowest BCUT2D eigenvalue weighted by molar-refractivity contribution is 0.616. The van der Waals surface area contributed by atoms with Crippen molar-refractivity contribution in [2.45, 2.75) is 25.8 Å². The summed E-state index contributed by atoms with van der Waals surface area (Å²) < 4.78 is 13.3. The summed E-state index contributed by atoms with van der Waals surface area (Å²) in [6, 6.07) is 5.90. The number of rotatable bonds is 2. The lowest BCUT2D eigenvalue weighted by atomic mass is 10.1. The molecular weight excluding hydrogens is 209 g/mol. The number of hydrogen-bond acceptors (Lipinski definition) is 2. The van der Waals surface area contributed by atoms with Gasteiger partial charge in [-0.2, -0.15) is 11.8 Å². The Bertz CT molecular complexity index is 334. The van der Waals surface area contributed by atoms with Crippen LogP contribution in [0.2, 0.25) is 0 Å². The third kappa shape index (κ3) is 2.88. The van der Waals surface area contributed by atoms with Crippen molar-refractivity contribution in [2.24, 2.45) is 0 Å². The number of benzene rings is 1. The van der Waals surface area contributed by atoms with Gasteiger partial charge in [0.2, 0.25) is 0 Å². The predicted octanol–water partition coefficient (Wildman–Crippen LogP) is 3.44. The van der Waals surface area contributed by atoms with Crippen molar-refractivity contribution < 1.29 is 4.39 Å². The minimum Gasteiger partial charge on any atom is -0.382 e. The topological polar surface area (TPSA) is 12.0 Å². The zero-order chi connectivity index (χ0) is 10.7. The van der Waals surface area contributed by atoms with E-state index in [1.165, 1.54) is 24.3 Å². The van der Waals surface area contributed by atoms with E-state index < -0.39 is 0 Å². The van der Waals surface area contributed by atoms with Crippen molar-refractivity contribution in [2.75, 3.05) is 16.8 Å². The van der Waals surface area contributed by atoms with Gasteiger partial charge in [-0.25, -0.2) is 4.39 Å². The van der Waals surface area contributed by atoms with Gasteiger partial charge in [-0.3, -0.25) is 0 Å². The van der Waals surface area contributed by atoms with Gasteiger partial charge in [0.1, 0.15) is 5.82 Å². The van der Waals surface area contributed by atoms with E-state index in [-0.39, 0.29) is 5.82 Å². The average Bonchev–Trinajstić information content (AvgIpc) is 2.25.